The fraction of sp³-hybridized carbons (Fsp3) is 0.240. The van der Waals surface area contributed by atoms with Crippen molar-refractivity contribution in [3.8, 4) is 17.2 Å². The summed E-state index contributed by atoms with van der Waals surface area (Å²) in [6, 6.07) is 16.0. The third-order valence-electron chi connectivity index (χ3n) is 5.98. The van der Waals surface area contributed by atoms with Crippen LogP contribution in [0.25, 0.3) is 10.8 Å². The summed E-state index contributed by atoms with van der Waals surface area (Å²) < 4.78 is 23.4. The van der Waals surface area contributed by atoms with Crippen molar-refractivity contribution in [2.24, 2.45) is 0 Å². The third kappa shape index (κ3) is 3.70. The zero-order valence-electron chi connectivity index (χ0n) is 18.9. The zero-order chi connectivity index (χ0) is 23.8. The van der Waals surface area contributed by atoms with E-state index in [2.05, 4.69) is 37.5 Å². The van der Waals surface area contributed by atoms with Gasteiger partial charge in [-0.05, 0) is 46.1 Å². The lowest BCUT2D eigenvalue weighted by molar-refractivity contribution is 0.351. The Labute approximate surface area is 204 Å². The van der Waals surface area contributed by atoms with E-state index in [1.54, 1.807) is 21.3 Å². The number of rotatable bonds is 6. The minimum Gasteiger partial charge on any atom is -0.493 e. The van der Waals surface area contributed by atoms with Gasteiger partial charge in [0.2, 0.25) is 5.89 Å². The van der Waals surface area contributed by atoms with Gasteiger partial charge >= 0.3 is 0 Å². The van der Waals surface area contributed by atoms with E-state index >= 15 is 0 Å². The summed E-state index contributed by atoms with van der Waals surface area (Å²) in [5.74, 6) is 1.82. The van der Waals surface area contributed by atoms with Gasteiger partial charge in [-0.3, -0.25) is 5.41 Å². The molecule has 0 saturated carbocycles. The first-order valence-corrected chi connectivity index (χ1v) is 11.5. The summed E-state index contributed by atoms with van der Waals surface area (Å²) in [5.41, 5.74) is 1.83. The van der Waals surface area contributed by atoms with E-state index in [4.69, 9.17) is 24.1 Å². The molecular formula is C25H23BrN4O4. The fourth-order valence-electron chi connectivity index (χ4n) is 4.50. The Balaban J connectivity index is 1.75. The van der Waals surface area contributed by atoms with Crippen LogP contribution in [-0.4, -0.2) is 37.3 Å². The maximum absolute atomic E-state index is 8.88. The molecule has 0 amide bonds. The summed E-state index contributed by atoms with van der Waals surface area (Å²) in [5, 5.41) is 18.1. The van der Waals surface area contributed by atoms with E-state index in [0.717, 1.165) is 26.4 Å². The highest BCUT2D eigenvalue weighted by molar-refractivity contribution is 9.10. The molecule has 34 heavy (non-hydrogen) atoms. The molecule has 0 spiro atoms. The number of nitrogens with one attached hydrogen (secondary N) is 2. The van der Waals surface area contributed by atoms with Gasteiger partial charge in [0, 0.05) is 16.9 Å². The van der Waals surface area contributed by atoms with Gasteiger partial charge in [0.1, 0.15) is 11.7 Å². The fourth-order valence-corrected chi connectivity index (χ4v) is 5.12. The van der Waals surface area contributed by atoms with Crippen LogP contribution in [0.4, 0.5) is 0 Å². The standard InChI is InChI=1S/C25H23BrN4O4/c1-28-12-19-29-25(30-34-19)21-20(14-10-17(26)23(32-3)18(11-14)31-2)16-9-8-13-6-4-5-7-15(13)22(16)33-24(21)27/h4-11,20-21,27-28H,12H2,1-3H3. The first kappa shape index (κ1) is 22.4. The Bertz CT molecular complexity index is 1390. The van der Waals surface area contributed by atoms with Gasteiger partial charge in [0.05, 0.1) is 25.2 Å². The third-order valence-corrected chi connectivity index (χ3v) is 6.57. The van der Waals surface area contributed by atoms with Crippen molar-refractivity contribution in [2.45, 2.75) is 18.4 Å². The molecule has 2 unspecified atom stereocenters. The van der Waals surface area contributed by atoms with Crippen LogP contribution >= 0.6 is 15.9 Å². The van der Waals surface area contributed by atoms with Crippen molar-refractivity contribution < 1.29 is 18.7 Å². The van der Waals surface area contributed by atoms with Crippen molar-refractivity contribution in [2.75, 3.05) is 21.3 Å². The van der Waals surface area contributed by atoms with E-state index in [-0.39, 0.29) is 11.8 Å². The average Bonchev–Trinajstić information content (AvgIpc) is 3.30. The molecule has 2 atom stereocenters. The van der Waals surface area contributed by atoms with Crippen molar-refractivity contribution in [1.82, 2.24) is 15.5 Å². The number of benzene rings is 3. The molecule has 4 aromatic rings. The first-order chi connectivity index (χ1) is 16.5. The second kappa shape index (κ2) is 9.08. The minimum absolute atomic E-state index is 0.0524. The summed E-state index contributed by atoms with van der Waals surface area (Å²) in [7, 11) is 5.00. The molecule has 3 aromatic carbocycles. The van der Waals surface area contributed by atoms with Gasteiger partial charge in [-0.1, -0.05) is 41.6 Å². The van der Waals surface area contributed by atoms with Crippen molar-refractivity contribution >= 4 is 32.6 Å². The second-order valence-electron chi connectivity index (χ2n) is 7.94. The number of methoxy groups -OCH3 is 2. The molecule has 0 bridgehead atoms. The smallest absolute Gasteiger partial charge is 0.240 e. The molecule has 2 heterocycles. The number of hydrogen-bond acceptors (Lipinski definition) is 8. The highest BCUT2D eigenvalue weighted by atomic mass is 79.9. The minimum atomic E-state index is -0.590. The predicted molar refractivity (Wildman–Crippen MR) is 131 cm³/mol. The predicted octanol–water partition coefficient (Wildman–Crippen LogP) is 5.01. The van der Waals surface area contributed by atoms with E-state index in [1.165, 1.54) is 0 Å². The maximum atomic E-state index is 8.88. The molecule has 1 aromatic heterocycles. The van der Waals surface area contributed by atoms with Crippen LogP contribution < -0.4 is 19.5 Å². The molecule has 0 fully saturated rings. The van der Waals surface area contributed by atoms with Crippen LogP contribution in [0.2, 0.25) is 0 Å². The normalized spacial score (nSPS) is 17.4. The highest BCUT2D eigenvalue weighted by Gasteiger charge is 2.41. The Kier molecular flexibility index (Phi) is 5.97. The molecule has 0 radical (unpaired) electrons. The van der Waals surface area contributed by atoms with Gasteiger partial charge < -0.3 is 24.1 Å². The molecule has 0 aliphatic carbocycles. The van der Waals surface area contributed by atoms with Crippen LogP contribution in [0.5, 0.6) is 17.2 Å². The molecular weight excluding hydrogens is 500 g/mol. The first-order valence-electron chi connectivity index (χ1n) is 10.7. The summed E-state index contributed by atoms with van der Waals surface area (Å²) in [6.07, 6.45) is 0. The van der Waals surface area contributed by atoms with Gasteiger partial charge in [0.15, 0.2) is 23.2 Å². The summed E-state index contributed by atoms with van der Waals surface area (Å²) >= 11 is 3.61. The SMILES string of the molecule is CNCc1nc(C2C(=N)Oc3c(ccc4ccccc34)C2c2cc(Br)c(OC)c(OC)c2)no1. The lowest BCUT2D eigenvalue weighted by atomic mass is 9.77. The van der Waals surface area contributed by atoms with Crippen molar-refractivity contribution in [1.29, 1.82) is 5.41 Å². The molecule has 5 rings (SSSR count). The molecule has 2 N–H and O–H groups in total. The molecule has 0 saturated heterocycles. The Morgan fingerprint density at radius 1 is 1.09 bits per heavy atom. The summed E-state index contributed by atoms with van der Waals surface area (Å²) in [6.45, 7) is 0.432. The van der Waals surface area contributed by atoms with Gasteiger partial charge in [-0.2, -0.15) is 4.98 Å². The number of hydrogen-bond donors (Lipinski definition) is 2. The maximum Gasteiger partial charge on any atom is 0.240 e. The van der Waals surface area contributed by atoms with Crippen LogP contribution in [-0.2, 0) is 6.54 Å². The average molecular weight is 523 g/mol. The summed E-state index contributed by atoms with van der Waals surface area (Å²) in [4.78, 5) is 4.56. The Morgan fingerprint density at radius 3 is 2.68 bits per heavy atom. The van der Waals surface area contributed by atoms with Gasteiger partial charge in [-0.15, -0.1) is 0 Å². The monoisotopic (exact) mass is 522 g/mol. The molecule has 9 heteroatoms. The zero-order valence-corrected chi connectivity index (χ0v) is 20.5. The van der Waals surface area contributed by atoms with Gasteiger partial charge in [-0.25, -0.2) is 0 Å². The van der Waals surface area contributed by atoms with E-state index in [0.29, 0.717) is 35.5 Å². The van der Waals surface area contributed by atoms with E-state index < -0.39 is 5.92 Å². The van der Waals surface area contributed by atoms with Crippen LogP contribution in [0.15, 0.2) is 57.5 Å². The molecule has 8 nitrogen and oxygen atoms in total. The molecule has 1 aliphatic rings. The topological polar surface area (TPSA) is 102 Å². The lowest BCUT2D eigenvalue weighted by Crippen LogP contribution is -2.31. The van der Waals surface area contributed by atoms with E-state index in [9.17, 15) is 0 Å². The highest BCUT2D eigenvalue weighted by Crippen LogP contribution is 2.50. The lowest BCUT2D eigenvalue weighted by Gasteiger charge is -2.33. The van der Waals surface area contributed by atoms with Gasteiger partial charge in [0.25, 0.3) is 0 Å². The van der Waals surface area contributed by atoms with Crippen LogP contribution in [0.3, 0.4) is 0 Å². The van der Waals surface area contributed by atoms with Crippen LogP contribution in [0, 0.1) is 5.41 Å². The van der Waals surface area contributed by atoms with Crippen LogP contribution in [0.1, 0.15) is 34.7 Å². The number of fused-ring (bicyclic) bond motifs is 3. The second-order valence-corrected chi connectivity index (χ2v) is 8.80. The molecule has 174 valence electrons. The number of aromatic nitrogens is 2. The van der Waals surface area contributed by atoms with Crippen molar-refractivity contribution in [3.63, 3.8) is 0 Å². The largest absolute Gasteiger partial charge is 0.493 e. The Hall–Kier alpha value is -3.43. The molecule has 1 aliphatic heterocycles. The van der Waals surface area contributed by atoms with E-state index in [1.807, 2.05) is 42.5 Å². The Morgan fingerprint density at radius 2 is 1.91 bits per heavy atom. The van der Waals surface area contributed by atoms with Crippen molar-refractivity contribution in [3.05, 3.63) is 75.8 Å². The quantitative estimate of drug-likeness (QED) is 0.367. The number of halogens is 1. The number of ether oxygens (including phenoxy) is 3. The number of nitrogens with zero attached hydrogens (tertiary/aromatic N) is 2.